The minimum Gasteiger partial charge on any atom is -0.227 e. The molecule has 0 atom stereocenters. The van der Waals surface area contributed by atoms with E-state index in [2.05, 4.69) is 13.6 Å². The van der Waals surface area contributed by atoms with Gasteiger partial charge in [0.2, 0.25) is 29.5 Å². The predicted molar refractivity (Wildman–Crippen MR) is 96.1 cm³/mol. The highest BCUT2D eigenvalue weighted by Gasteiger charge is 2.64. The van der Waals surface area contributed by atoms with Gasteiger partial charge in [0.25, 0.3) is 0 Å². The highest BCUT2D eigenvalue weighted by Crippen LogP contribution is 2.71. The van der Waals surface area contributed by atoms with Crippen molar-refractivity contribution in [1.82, 2.24) is 0 Å². The van der Waals surface area contributed by atoms with Gasteiger partial charge < -0.3 is 0 Å². The Morgan fingerprint density at radius 1 is 0.676 bits per heavy atom. The van der Waals surface area contributed by atoms with Gasteiger partial charge in [-0.3, -0.25) is 0 Å². The minimum atomic E-state index is -7.02. The van der Waals surface area contributed by atoms with Gasteiger partial charge in [0.1, 0.15) is 5.66 Å². The fourth-order valence-electron chi connectivity index (χ4n) is 2.48. The largest absolute Gasteiger partial charge is 0.490 e. The third kappa shape index (κ3) is 4.92. The van der Waals surface area contributed by atoms with Crippen LogP contribution in [0.2, 0.25) is 0 Å². The lowest BCUT2D eigenvalue weighted by molar-refractivity contribution is -0.0433. The third-order valence-electron chi connectivity index (χ3n) is 4.03. The van der Waals surface area contributed by atoms with E-state index < -0.39 is 86.9 Å². The zero-order chi connectivity index (χ0) is 27.3. The van der Waals surface area contributed by atoms with Gasteiger partial charge in [-0.15, -0.1) is 12.2 Å². The monoisotopic (exact) mass is 598 g/mol. The Morgan fingerprint density at radius 2 is 0.971 bits per heavy atom. The van der Waals surface area contributed by atoms with Crippen LogP contribution in [0.4, 0.5) is 39.5 Å². The van der Waals surface area contributed by atoms with Crippen LogP contribution in [-0.4, -0.2) is 68.8 Å². The lowest BCUT2D eigenvalue weighted by Crippen LogP contribution is -2.41. The van der Waals surface area contributed by atoms with Crippen molar-refractivity contribution in [2.75, 3.05) is 21.3 Å². The first-order valence-electron chi connectivity index (χ1n) is 7.69. The summed E-state index contributed by atoms with van der Waals surface area (Å²) in [5.41, 5.74) is -22.6. The van der Waals surface area contributed by atoms with Crippen LogP contribution in [0.25, 0.3) is 0 Å². The summed E-state index contributed by atoms with van der Waals surface area (Å²) in [5, 5.41) is -2.54. The van der Waals surface area contributed by atoms with Gasteiger partial charge in [-0.1, -0.05) is 0 Å². The van der Waals surface area contributed by atoms with Crippen molar-refractivity contribution in [3.05, 3.63) is 27.2 Å². The molecule has 1 aliphatic rings. The van der Waals surface area contributed by atoms with E-state index in [1.165, 1.54) is 0 Å². The Kier molecular flexibility index (Phi) is 8.25. The quantitative estimate of drug-likeness (QED) is 0.247. The summed E-state index contributed by atoms with van der Waals surface area (Å²) in [4.78, 5) is -5.13. The zero-order valence-electron chi connectivity index (χ0n) is 16.5. The molecule has 0 fully saturated rings. The molecule has 0 aliphatic heterocycles. The molecule has 0 aromatic heterocycles. The molecule has 1 rings (SSSR count). The number of hydrogen-bond donors (Lipinski definition) is 0. The average molecular weight is 598 g/mol. The van der Waals surface area contributed by atoms with Crippen LogP contribution in [0.15, 0.2) is 22.0 Å². The zero-order valence-corrected chi connectivity index (χ0v) is 19.8. The van der Waals surface area contributed by atoms with Gasteiger partial charge >= 0.3 is 24.5 Å². The van der Waals surface area contributed by atoms with Gasteiger partial charge in [0, 0.05) is 9.81 Å². The maximum Gasteiger partial charge on any atom is 0.490 e. The molecule has 34 heavy (non-hydrogen) atoms. The Morgan fingerprint density at radius 3 is 1.18 bits per heavy atom. The average Bonchev–Trinajstić information content (AvgIpc) is 2.66. The summed E-state index contributed by atoms with van der Waals surface area (Å²) in [6.07, 6.45) is -1.56. The third-order valence-corrected chi connectivity index (χ3v) is 11.7. The highest BCUT2D eigenvalue weighted by molar-refractivity contribution is 7.99. The summed E-state index contributed by atoms with van der Waals surface area (Å²) < 4.78 is 204. The van der Waals surface area contributed by atoms with Gasteiger partial charge in [0.05, 0.1) is 21.3 Å². The second-order valence-electron chi connectivity index (χ2n) is 5.83. The Hall–Kier alpha value is -1.12. The Balaban J connectivity index is 4.39. The molecular formula is C12H12F9O9PS3. The molecule has 0 unspecified atom stereocenters. The SMILES string of the molecule is CO[P+](OC)(OC)C1C(S(=O)(=O)C(F)(F)F)=C[C-](S(=O)(=O)C(F)(F)F)C=C1S(=O)(=O)C(F)(F)F. The lowest BCUT2D eigenvalue weighted by atomic mass is 10.2. The molecule has 1 aliphatic carbocycles. The van der Waals surface area contributed by atoms with Crippen LogP contribution in [0.3, 0.4) is 0 Å². The smallest absolute Gasteiger partial charge is 0.227 e. The molecule has 0 N–H and O–H groups in total. The molecular weight excluding hydrogens is 586 g/mol. The summed E-state index contributed by atoms with van der Waals surface area (Å²) in [6.45, 7) is 0. The maximum absolute atomic E-state index is 13.3. The van der Waals surface area contributed by atoms with E-state index in [9.17, 15) is 64.8 Å². The minimum absolute atomic E-state index is 0.488. The maximum atomic E-state index is 13.3. The molecule has 9 nitrogen and oxygen atoms in total. The molecule has 200 valence electrons. The first kappa shape index (κ1) is 30.9. The molecule has 0 radical (unpaired) electrons. The molecule has 0 aromatic carbocycles. The Bertz CT molecular complexity index is 1110. The van der Waals surface area contributed by atoms with Crippen molar-refractivity contribution in [2.24, 2.45) is 0 Å². The summed E-state index contributed by atoms with van der Waals surface area (Å²) in [6, 6.07) is 0. The van der Waals surface area contributed by atoms with Crippen molar-refractivity contribution in [3.8, 4) is 0 Å². The number of sulfone groups is 3. The molecule has 0 bridgehead atoms. The summed E-state index contributed by atoms with van der Waals surface area (Å²) >= 11 is 0. The van der Waals surface area contributed by atoms with Crippen molar-refractivity contribution < 1.29 is 78.3 Å². The van der Waals surface area contributed by atoms with Crippen molar-refractivity contribution in [1.29, 1.82) is 0 Å². The van der Waals surface area contributed by atoms with Crippen LogP contribution < -0.4 is 0 Å². The standard InChI is InChI=1S/C12H12F9O9PS3/c1-28-31(29-2,30-3)9-7(33(24,25)11(16,17)18)4-6(32(22,23)10(13,14)15)5-8(9)34(26,27)12(19,20)21/h4-5,9H,1-3H3. The van der Waals surface area contributed by atoms with Gasteiger partial charge in [-0.05, 0) is 5.25 Å². The molecule has 0 spiro atoms. The topological polar surface area (TPSA) is 130 Å². The normalized spacial score (nSPS) is 18.1. The van der Waals surface area contributed by atoms with E-state index in [0.717, 1.165) is 0 Å². The second kappa shape index (κ2) is 9.07. The second-order valence-corrected chi connectivity index (χ2v) is 14.3. The fourth-order valence-corrected chi connectivity index (χ4v) is 8.93. The van der Waals surface area contributed by atoms with E-state index >= 15 is 0 Å². The van der Waals surface area contributed by atoms with E-state index in [1.807, 2.05) is 0 Å². The van der Waals surface area contributed by atoms with Crippen LogP contribution in [0.1, 0.15) is 0 Å². The van der Waals surface area contributed by atoms with E-state index in [4.69, 9.17) is 0 Å². The molecule has 0 aromatic rings. The van der Waals surface area contributed by atoms with E-state index in [1.54, 1.807) is 0 Å². The van der Waals surface area contributed by atoms with E-state index in [-0.39, 0.29) is 0 Å². The van der Waals surface area contributed by atoms with Gasteiger partial charge in [0.15, 0.2) is 0 Å². The molecule has 0 heterocycles. The van der Waals surface area contributed by atoms with Crippen LogP contribution >= 0.6 is 7.94 Å². The van der Waals surface area contributed by atoms with Crippen LogP contribution in [-0.2, 0) is 43.1 Å². The van der Waals surface area contributed by atoms with Crippen LogP contribution in [0, 0.1) is 5.25 Å². The van der Waals surface area contributed by atoms with Gasteiger partial charge in [-0.25, -0.2) is 25.3 Å². The number of rotatable bonds is 7. The molecule has 22 heteroatoms. The van der Waals surface area contributed by atoms with Crippen molar-refractivity contribution in [2.45, 2.75) is 22.2 Å². The van der Waals surface area contributed by atoms with Crippen LogP contribution in [0.5, 0.6) is 0 Å². The molecule has 0 amide bonds. The fraction of sp³-hybridized carbons (Fsp3) is 0.583. The molecule has 0 saturated heterocycles. The Labute approximate surface area is 186 Å². The molecule has 0 saturated carbocycles. The number of allylic oxidation sites excluding steroid dienone is 2. The lowest BCUT2D eigenvalue weighted by Gasteiger charge is -2.38. The van der Waals surface area contributed by atoms with E-state index in [0.29, 0.717) is 21.3 Å². The van der Waals surface area contributed by atoms with Gasteiger partial charge in [-0.2, -0.15) is 53.1 Å². The number of halogens is 9. The summed E-state index contributed by atoms with van der Waals surface area (Å²) in [7, 11) is -24.4. The first-order chi connectivity index (χ1) is 14.9. The van der Waals surface area contributed by atoms with Crippen molar-refractivity contribution >= 4 is 37.5 Å². The first-order valence-corrected chi connectivity index (χ1v) is 13.7. The highest BCUT2D eigenvalue weighted by atomic mass is 32.2. The van der Waals surface area contributed by atoms with Crippen molar-refractivity contribution in [3.63, 3.8) is 0 Å². The predicted octanol–water partition coefficient (Wildman–Crippen LogP) is 3.17. The number of hydrogen-bond acceptors (Lipinski definition) is 9. The number of alkyl halides is 9. The summed E-state index contributed by atoms with van der Waals surface area (Å²) in [5.74, 6) is 0.